The number of thioether (sulfide) groups is 1. The Morgan fingerprint density at radius 1 is 1.15 bits per heavy atom. The van der Waals surface area contributed by atoms with Crippen molar-refractivity contribution in [2.24, 2.45) is 5.92 Å². The Morgan fingerprint density at radius 3 is 2.46 bits per heavy atom. The molecule has 1 N–H and O–H groups in total. The summed E-state index contributed by atoms with van der Waals surface area (Å²) in [6.07, 6.45) is 9.41. The minimum absolute atomic E-state index is 0.818. The molecular weight excluding hydrogens is 178 g/mol. The van der Waals surface area contributed by atoms with Gasteiger partial charge in [0.15, 0.2) is 0 Å². The van der Waals surface area contributed by atoms with Crippen molar-refractivity contribution in [2.75, 3.05) is 6.26 Å². The second kappa shape index (κ2) is 4.22. The number of hydrogen-bond donors (Lipinski definition) is 1. The van der Waals surface area contributed by atoms with Crippen LogP contribution in [0.1, 0.15) is 39.0 Å². The first-order chi connectivity index (χ1) is 6.31. The molecule has 2 saturated carbocycles. The van der Waals surface area contributed by atoms with Crippen molar-refractivity contribution in [2.45, 2.75) is 56.4 Å². The summed E-state index contributed by atoms with van der Waals surface area (Å²) >= 11 is 2.06. The first-order valence-corrected chi connectivity index (χ1v) is 6.89. The van der Waals surface area contributed by atoms with Crippen molar-refractivity contribution in [3.63, 3.8) is 0 Å². The van der Waals surface area contributed by atoms with Gasteiger partial charge in [0.25, 0.3) is 0 Å². The number of rotatable bonds is 3. The van der Waals surface area contributed by atoms with Gasteiger partial charge in [0.05, 0.1) is 0 Å². The van der Waals surface area contributed by atoms with Crippen molar-refractivity contribution in [3.8, 4) is 0 Å². The standard InChI is InChI=1S/C11H21NS/c1-8-7-10(8)12-9-5-3-4-6-11(9)13-2/h8-12H,3-7H2,1-2H3/t8-,9?,10-,11?/m1/s1. The predicted octanol–water partition coefficient (Wildman–Crippen LogP) is 2.66. The topological polar surface area (TPSA) is 12.0 Å². The van der Waals surface area contributed by atoms with Gasteiger partial charge in [0, 0.05) is 17.3 Å². The highest BCUT2D eigenvalue weighted by molar-refractivity contribution is 7.99. The molecule has 2 aliphatic rings. The molecular formula is C11H21NS. The second-order valence-electron chi connectivity index (χ2n) is 4.65. The lowest BCUT2D eigenvalue weighted by molar-refractivity contribution is 0.377. The Labute approximate surface area is 86.0 Å². The van der Waals surface area contributed by atoms with Crippen LogP contribution in [0.5, 0.6) is 0 Å². The summed E-state index contributed by atoms with van der Waals surface area (Å²) < 4.78 is 0. The van der Waals surface area contributed by atoms with Crippen LogP contribution in [0.4, 0.5) is 0 Å². The van der Waals surface area contributed by atoms with Gasteiger partial charge in [0.1, 0.15) is 0 Å². The van der Waals surface area contributed by atoms with Crippen LogP contribution in [0.15, 0.2) is 0 Å². The molecule has 0 aromatic rings. The summed E-state index contributed by atoms with van der Waals surface area (Å²) in [5.41, 5.74) is 0. The molecule has 2 fully saturated rings. The molecule has 4 atom stereocenters. The van der Waals surface area contributed by atoms with Crippen LogP contribution >= 0.6 is 11.8 Å². The van der Waals surface area contributed by atoms with Crippen molar-refractivity contribution in [1.82, 2.24) is 5.32 Å². The van der Waals surface area contributed by atoms with E-state index in [1.165, 1.54) is 32.1 Å². The van der Waals surface area contributed by atoms with E-state index in [1.54, 1.807) is 0 Å². The highest BCUT2D eigenvalue weighted by atomic mass is 32.2. The molecule has 0 saturated heterocycles. The Bertz CT molecular complexity index is 171. The van der Waals surface area contributed by atoms with Crippen LogP contribution in [-0.4, -0.2) is 23.6 Å². The molecule has 1 nitrogen and oxygen atoms in total. The van der Waals surface area contributed by atoms with Gasteiger partial charge >= 0.3 is 0 Å². The van der Waals surface area contributed by atoms with Gasteiger partial charge in [-0.2, -0.15) is 11.8 Å². The van der Waals surface area contributed by atoms with E-state index in [1.807, 2.05) is 0 Å². The third kappa shape index (κ3) is 2.41. The maximum absolute atomic E-state index is 3.82. The zero-order valence-electron chi connectivity index (χ0n) is 8.75. The monoisotopic (exact) mass is 199 g/mol. The van der Waals surface area contributed by atoms with E-state index < -0.39 is 0 Å². The van der Waals surface area contributed by atoms with E-state index in [9.17, 15) is 0 Å². The van der Waals surface area contributed by atoms with Gasteiger partial charge in [-0.3, -0.25) is 0 Å². The lowest BCUT2D eigenvalue weighted by Gasteiger charge is -2.31. The van der Waals surface area contributed by atoms with E-state index in [4.69, 9.17) is 0 Å². The largest absolute Gasteiger partial charge is 0.310 e. The van der Waals surface area contributed by atoms with Gasteiger partial charge in [-0.05, 0) is 31.4 Å². The quantitative estimate of drug-likeness (QED) is 0.750. The van der Waals surface area contributed by atoms with Gasteiger partial charge in [-0.1, -0.05) is 19.8 Å². The summed E-state index contributed by atoms with van der Waals surface area (Å²) in [5.74, 6) is 0.949. The van der Waals surface area contributed by atoms with E-state index in [-0.39, 0.29) is 0 Å². The second-order valence-corrected chi connectivity index (χ2v) is 5.73. The van der Waals surface area contributed by atoms with Crippen LogP contribution in [0.2, 0.25) is 0 Å². The zero-order chi connectivity index (χ0) is 9.26. The molecule has 0 radical (unpaired) electrons. The van der Waals surface area contributed by atoms with Crippen LogP contribution in [-0.2, 0) is 0 Å². The fourth-order valence-corrected chi connectivity index (χ4v) is 3.34. The zero-order valence-corrected chi connectivity index (χ0v) is 9.57. The number of nitrogens with one attached hydrogen (secondary N) is 1. The first-order valence-electron chi connectivity index (χ1n) is 5.60. The third-order valence-electron chi connectivity index (χ3n) is 3.54. The van der Waals surface area contributed by atoms with E-state index in [2.05, 4.69) is 30.3 Å². The van der Waals surface area contributed by atoms with Crippen molar-refractivity contribution in [3.05, 3.63) is 0 Å². The number of hydrogen-bond acceptors (Lipinski definition) is 2. The summed E-state index contributed by atoms with van der Waals surface area (Å²) in [6, 6.07) is 1.68. The third-order valence-corrected chi connectivity index (χ3v) is 4.71. The predicted molar refractivity (Wildman–Crippen MR) is 60.3 cm³/mol. The molecule has 2 heteroatoms. The van der Waals surface area contributed by atoms with E-state index in [0.29, 0.717) is 0 Å². The van der Waals surface area contributed by atoms with Crippen molar-refractivity contribution in [1.29, 1.82) is 0 Å². The van der Waals surface area contributed by atoms with Gasteiger partial charge < -0.3 is 5.32 Å². The Morgan fingerprint density at radius 2 is 1.85 bits per heavy atom. The fourth-order valence-electron chi connectivity index (χ4n) is 2.40. The molecule has 2 unspecified atom stereocenters. The summed E-state index contributed by atoms with van der Waals surface area (Å²) in [6.45, 7) is 2.36. The fraction of sp³-hybridized carbons (Fsp3) is 1.00. The van der Waals surface area contributed by atoms with E-state index >= 15 is 0 Å². The molecule has 0 aromatic carbocycles. The molecule has 13 heavy (non-hydrogen) atoms. The maximum Gasteiger partial charge on any atom is 0.0198 e. The Hall–Kier alpha value is 0.310. The van der Waals surface area contributed by atoms with Gasteiger partial charge in [-0.25, -0.2) is 0 Å². The molecule has 0 aromatic heterocycles. The van der Waals surface area contributed by atoms with Crippen LogP contribution < -0.4 is 5.32 Å². The Kier molecular flexibility index (Phi) is 3.20. The average molecular weight is 199 g/mol. The lowest BCUT2D eigenvalue weighted by Crippen LogP contribution is -2.41. The van der Waals surface area contributed by atoms with Crippen LogP contribution in [0.25, 0.3) is 0 Å². The molecule has 0 aliphatic heterocycles. The van der Waals surface area contributed by atoms with Crippen molar-refractivity contribution >= 4 is 11.8 Å². The Balaban J connectivity index is 1.80. The summed E-state index contributed by atoms with van der Waals surface area (Å²) in [5, 5.41) is 4.71. The smallest absolute Gasteiger partial charge is 0.0198 e. The highest BCUT2D eigenvalue weighted by Crippen LogP contribution is 2.33. The lowest BCUT2D eigenvalue weighted by atomic mass is 9.95. The maximum atomic E-state index is 3.82. The molecule has 0 heterocycles. The van der Waals surface area contributed by atoms with Gasteiger partial charge in [0.2, 0.25) is 0 Å². The minimum Gasteiger partial charge on any atom is -0.310 e. The molecule has 0 spiro atoms. The van der Waals surface area contributed by atoms with Gasteiger partial charge in [-0.15, -0.1) is 0 Å². The summed E-state index contributed by atoms with van der Waals surface area (Å²) in [4.78, 5) is 0. The molecule has 2 rings (SSSR count). The normalized spacial score (nSPS) is 44.8. The highest BCUT2D eigenvalue weighted by Gasteiger charge is 2.36. The van der Waals surface area contributed by atoms with Crippen LogP contribution in [0.3, 0.4) is 0 Å². The molecule has 0 amide bonds. The van der Waals surface area contributed by atoms with Crippen LogP contribution in [0, 0.1) is 5.92 Å². The average Bonchev–Trinajstić information content (AvgIpc) is 2.83. The first kappa shape index (κ1) is 9.85. The summed E-state index contributed by atoms with van der Waals surface area (Å²) in [7, 11) is 0. The minimum atomic E-state index is 0.818. The molecule has 0 bridgehead atoms. The van der Waals surface area contributed by atoms with Crippen molar-refractivity contribution < 1.29 is 0 Å². The van der Waals surface area contributed by atoms with E-state index in [0.717, 1.165) is 23.3 Å². The molecule has 76 valence electrons. The SMILES string of the molecule is CSC1CCCCC1N[C@@H]1C[C@H]1C. The molecule has 2 aliphatic carbocycles.